The molecule has 0 amide bonds. The maximum absolute atomic E-state index is 13.3. The van der Waals surface area contributed by atoms with Crippen LogP contribution in [0.4, 0.5) is 20.2 Å². The van der Waals surface area contributed by atoms with Crippen LogP contribution in [-0.2, 0) is 4.74 Å². The Bertz CT molecular complexity index is 360. The van der Waals surface area contributed by atoms with Gasteiger partial charge in [-0.2, -0.15) is 0 Å². The Hall–Kier alpha value is -1.62. The first-order valence-electron chi connectivity index (χ1n) is 5.32. The van der Waals surface area contributed by atoms with E-state index in [1.807, 2.05) is 0 Å². The maximum atomic E-state index is 13.3. The number of hydrogen-bond donors (Lipinski definition) is 2. The number of halogens is 2. The van der Waals surface area contributed by atoms with Crippen LogP contribution >= 0.6 is 0 Å². The molecular weight excluding hydrogens is 226 g/mol. The number of nitrogens with two attached hydrogens (primary N) is 1. The third-order valence-electron chi connectivity index (χ3n) is 2.08. The second-order valence-corrected chi connectivity index (χ2v) is 3.48. The van der Waals surface area contributed by atoms with Crippen molar-refractivity contribution in [3.63, 3.8) is 0 Å². The lowest BCUT2D eigenvalue weighted by Gasteiger charge is -2.09. The number of anilines is 2. The largest absolute Gasteiger partial charge is 0.399 e. The number of rotatable bonds is 7. The molecule has 3 N–H and O–H groups in total. The number of ether oxygens (including phenoxy) is 1. The molecule has 0 bridgehead atoms. The number of nitrogens with one attached hydrogen (secondary N) is 1. The quantitative estimate of drug-likeness (QED) is 0.439. The Kier molecular flexibility index (Phi) is 5.42. The van der Waals surface area contributed by atoms with Crippen molar-refractivity contribution in [2.75, 3.05) is 30.8 Å². The van der Waals surface area contributed by atoms with Gasteiger partial charge in [-0.1, -0.05) is 6.08 Å². The number of benzene rings is 1. The van der Waals surface area contributed by atoms with Gasteiger partial charge >= 0.3 is 0 Å². The molecule has 0 fully saturated rings. The van der Waals surface area contributed by atoms with Crippen molar-refractivity contribution < 1.29 is 13.5 Å². The molecule has 0 aliphatic rings. The molecule has 0 spiro atoms. The lowest BCUT2D eigenvalue weighted by Crippen LogP contribution is -2.12. The van der Waals surface area contributed by atoms with Crippen LogP contribution in [0.5, 0.6) is 0 Å². The summed E-state index contributed by atoms with van der Waals surface area (Å²) in [4.78, 5) is 0. The summed E-state index contributed by atoms with van der Waals surface area (Å²) < 4.78 is 31.8. The summed E-state index contributed by atoms with van der Waals surface area (Å²) in [6.07, 6.45) is 2.50. The molecule has 1 rings (SSSR count). The van der Waals surface area contributed by atoms with Gasteiger partial charge in [0.05, 0.1) is 13.2 Å². The molecule has 0 atom stereocenters. The zero-order valence-corrected chi connectivity index (χ0v) is 9.51. The van der Waals surface area contributed by atoms with E-state index in [9.17, 15) is 8.78 Å². The molecule has 1 aromatic carbocycles. The smallest absolute Gasteiger partial charge is 0.151 e. The van der Waals surface area contributed by atoms with Gasteiger partial charge in [-0.25, -0.2) is 8.78 Å². The molecule has 17 heavy (non-hydrogen) atoms. The molecule has 3 nitrogen and oxygen atoms in total. The Balaban J connectivity index is 2.39. The Morgan fingerprint density at radius 3 is 2.53 bits per heavy atom. The number of hydrogen-bond acceptors (Lipinski definition) is 3. The van der Waals surface area contributed by atoms with Crippen LogP contribution in [0.2, 0.25) is 0 Å². The molecule has 94 valence electrons. The fourth-order valence-corrected chi connectivity index (χ4v) is 1.28. The fourth-order valence-electron chi connectivity index (χ4n) is 1.28. The molecule has 0 unspecified atom stereocenters. The summed E-state index contributed by atoms with van der Waals surface area (Å²) in [5, 5.41) is 2.63. The zero-order valence-electron chi connectivity index (χ0n) is 9.51. The molecule has 0 saturated carbocycles. The zero-order chi connectivity index (χ0) is 12.7. The molecule has 5 heteroatoms. The molecule has 0 radical (unpaired) electrons. The predicted molar refractivity (Wildman–Crippen MR) is 64.9 cm³/mol. The first kappa shape index (κ1) is 13.4. The Labute approximate surface area is 99.3 Å². The second kappa shape index (κ2) is 6.85. The third kappa shape index (κ3) is 4.40. The summed E-state index contributed by atoms with van der Waals surface area (Å²) in [6, 6.07) is 2.15. The van der Waals surface area contributed by atoms with E-state index >= 15 is 0 Å². The van der Waals surface area contributed by atoms with Crippen LogP contribution in [0, 0.1) is 11.6 Å². The van der Waals surface area contributed by atoms with E-state index in [4.69, 9.17) is 10.5 Å². The van der Waals surface area contributed by atoms with Crippen LogP contribution < -0.4 is 11.1 Å². The van der Waals surface area contributed by atoms with E-state index in [-0.39, 0.29) is 11.4 Å². The molecular formula is C12H16F2N2O. The predicted octanol–water partition coefficient (Wildman–Crippen LogP) is 2.55. The van der Waals surface area contributed by atoms with Gasteiger partial charge in [0.25, 0.3) is 0 Å². The van der Waals surface area contributed by atoms with Crippen LogP contribution in [0.1, 0.15) is 6.42 Å². The third-order valence-corrected chi connectivity index (χ3v) is 2.08. The van der Waals surface area contributed by atoms with E-state index in [1.54, 1.807) is 6.08 Å². The number of nitrogen functional groups attached to an aromatic ring is 1. The average Bonchev–Trinajstić information content (AvgIpc) is 2.26. The topological polar surface area (TPSA) is 47.3 Å². The van der Waals surface area contributed by atoms with Crippen LogP contribution in [0.3, 0.4) is 0 Å². The minimum absolute atomic E-state index is 0.0628. The first-order chi connectivity index (χ1) is 8.15. The fraction of sp³-hybridized carbons (Fsp3) is 0.333. The van der Waals surface area contributed by atoms with Gasteiger partial charge in [-0.15, -0.1) is 6.58 Å². The van der Waals surface area contributed by atoms with Gasteiger partial charge in [0.1, 0.15) is 5.69 Å². The van der Waals surface area contributed by atoms with Crippen LogP contribution in [0.15, 0.2) is 24.8 Å². The van der Waals surface area contributed by atoms with E-state index in [1.165, 1.54) is 0 Å². The first-order valence-corrected chi connectivity index (χ1v) is 5.32. The van der Waals surface area contributed by atoms with Crippen molar-refractivity contribution >= 4 is 11.4 Å². The van der Waals surface area contributed by atoms with E-state index < -0.39 is 11.6 Å². The van der Waals surface area contributed by atoms with Gasteiger partial charge in [0.15, 0.2) is 11.6 Å². The Morgan fingerprint density at radius 2 is 1.94 bits per heavy atom. The lowest BCUT2D eigenvalue weighted by molar-refractivity contribution is 0.149. The van der Waals surface area contributed by atoms with Crippen molar-refractivity contribution in [2.24, 2.45) is 0 Å². The lowest BCUT2D eigenvalue weighted by atomic mass is 10.2. The van der Waals surface area contributed by atoms with E-state index in [2.05, 4.69) is 11.9 Å². The standard InChI is InChI=1S/C12H16F2N2O/c1-2-3-5-17-6-4-16-12-10(13)7-9(15)8-11(12)14/h2,7-8,16H,1,3-6,15H2. The van der Waals surface area contributed by atoms with Crippen molar-refractivity contribution in [3.8, 4) is 0 Å². The highest BCUT2D eigenvalue weighted by Crippen LogP contribution is 2.21. The highest BCUT2D eigenvalue weighted by Gasteiger charge is 2.09. The summed E-state index contributed by atoms with van der Waals surface area (Å²) in [5.74, 6) is -1.40. The van der Waals surface area contributed by atoms with E-state index in [0.29, 0.717) is 19.8 Å². The summed E-state index contributed by atoms with van der Waals surface area (Å²) in [7, 11) is 0. The van der Waals surface area contributed by atoms with E-state index in [0.717, 1.165) is 18.6 Å². The second-order valence-electron chi connectivity index (χ2n) is 3.48. The minimum atomic E-state index is -0.700. The van der Waals surface area contributed by atoms with Crippen molar-refractivity contribution in [3.05, 3.63) is 36.4 Å². The summed E-state index contributed by atoms with van der Waals surface area (Å²) in [5.41, 5.74) is 5.18. The molecule has 0 aliphatic heterocycles. The molecule has 1 aromatic rings. The normalized spacial score (nSPS) is 10.2. The van der Waals surface area contributed by atoms with Crippen LogP contribution in [-0.4, -0.2) is 19.8 Å². The SMILES string of the molecule is C=CCCOCCNc1c(F)cc(N)cc1F. The molecule has 0 saturated heterocycles. The minimum Gasteiger partial charge on any atom is -0.399 e. The van der Waals surface area contributed by atoms with Crippen molar-refractivity contribution in [1.82, 2.24) is 0 Å². The maximum Gasteiger partial charge on any atom is 0.151 e. The average molecular weight is 242 g/mol. The monoisotopic (exact) mass is 242 g/mol. The molecule has 0 heterocycles. The van der Waals surface area contributed by atoms with Gasteiger partial charge in [0.2, 0.25) is 0 Å². The van der Waals surface area contributed by atoms with Crippen LogP contribution in [0.25, 0.3) is 0 Å². The van der Waals surface area contributed by atoms with Gasteiger partial charge in [-0.05, 0) is 18.6 Å². The highest BCUT2D eigenvalue weighted by atomic mass is 19.1. The van der Waals surface area contributed by atoms with Crippen molar-refractivity contribution in [2.45, 2.75) is 6.42 Å². The summed E-state index contributed by atoms with van der Waals surface area (Å²) >= 11 is 0. The highest BCUT2D eigenvalue weighted by molar-refractivity contribution is 5.53. The molecule has 0 aromatic heterocycles. The summed E-state index contributed by atoms with van der Waals surface area (Å²) in [6.45, 7) is 4.80. The van der Waals surface area contributed by atoms with Crippen molar-refractivity contribution in [1.29, 1.82) is 0 Å². The molecule has 0 aliphatic carbocycles. The van der Waals surface area contributed by atoms with Gasteiger partial charge < -0.3 is 15.8 Å². The van der Waals surface area contributed by atoms with Gasteiger partial charge in [0, 0.05) is 12.2 Å². The Morgan fingerprint density at radius 1 is 1.29 bits per heavy atom. The van der Waals surface area contributed by atoms with Gasteiger partial charge in [-0.3, -0.25) is 0 Å².